The van der Waals surface area contributed by atoms with Gasteiger partial charge in [-0.1, -0.05) is 0 Å². The van der Waals surface area contributed by atoms with Crippen LogP contribution in [0.15, 0.2) is 51.8 Å². The molecule has 0 saturated heterocycles. The Bertz CT molecular complexity index is 1520. The van der Waals surface area contributed by atoms with Crippen LogP contribution in [-0.2, 0) is 7.05 Å². The van der Waals surface area contributed by atoms with E-state index in [-0.39, 0.29) is 33.9 Å². The predicted molar refractivity (Wildman–Crippen MR) is 131 cm³/mol. The Hall–Kier alpha value is -4.20. The number of carbonyl (C=O) groups excluding carboxylic acids is 2. The number of Topliss-reactive ketones (excluding diaryl/α,β-unsaturated/α-hetero) is 1. The molecule has 0 fully saturated rings. The third-order valence-electron chi connectivity index (χ3n) is 5.72. The molecule has 2 heterocycles. The molecule has 180 valence electrons. The molecule has 35 heavy (non-hydrogen) atoms. The maximum atomic E-state index is 13.8. The minimum absolute atomic E-state index is 0.00168. The van der Waals surface area contributed by atoms with Gasteiger partial charge in [0.25, 0.3) is 11.5 Å². The molecule has 0 bridgehead atoms. The van der Waals surface area contributed by atoms with Crippen molar-refractivity contribution in [2.45, 2.75) is 27.7 Å². The minimum Gasteiger partial charge on any atom is -0.456 e. The summed E-state index contributed by atoms with van der Waals surface area (Å²) in [6.45, 7) is 7.11. The average molecular weight is 477 g/mol. The summed E-state index contributed by atoms with van der Waals surface area (Å²) in [7, 11) is 1.59. The van der Waals surface area contributed by atoms with Crippen molar-refractivity contribution in [2.75, 3.05) is 6.54 Å². The van der Waals surface area contributed by atoms with Crippen LogP contribution >= 0.6 is 0 Å². The zero-order valence-electron chi connectivity index (χ0n) is 20.1. The second-order valence-electron chi connectivity index (χ2n) is 8.41. The van der Waals surface area contributed by atoms with Crippen molar-refractivity contribution in [3.05, 3.63) is 81.2 Å². The van der Waals surface area contributed by atoms with Gasteiger partial charge in [-0.15, -0.1) is 0 Å². The number of amides is 1. The van der Waals surface area contributed by atoms with Crippen LogP contribution in [0.3, 0.4) is 0 Å². The molecule has 0 unspecified atom stereocenters. The van der Waals surface area contributed by atoms with Crippen molar-refractivity contribution in [1.29, 1.82) is 0 Å². The molecule has 2 aromatic carbocycles. The number of furan rings is 1. The third-order valence-corrected chi connectivity index (χ3v) is 5.72. The van der Waals surface area contributed by atoms with Gasteiger partial charge >= 0.3 is 0 Å². The number of nitrogens with zero attached hydrogens (tertiary/aromatic N) is 1. The molecule has 0 spiro atoms. The summed E-state index contributed by atoms with van der Waals surface area (Å²) in [5.41, 5.74) is 2.45. The number of halogens is 1. The van der Waals surface area contributed by atoms with Crippen molar-refractivity contribution in [3.63, 3.8) is 0 Å². The molecule has 0 aliphatic heterocycles. The summed E-state index contributed by atoms with van der Waals surface area (Å²) in [6.07, 6.45) is 1.58. The average Bonchev–Trinajstić information content (AvgIpc) is 3.25. The van der Waals surface area contributed by atoms with Gasteiger partial charge in [-0.3, -0.25) is 14.4 Å². The van der Waals surface area contributed by atoms with E-state index in [2.05, 4.69) is 5.32 Å². The number of rotatable bonds is 6. The molecule has 0 aliphatic rings. The fourth-order valence-electron chi connectivity index (χ4n) is 4.02. The van der Waals surface area contributed by atoms with Crippen LogP contribution < -0.4 is 15.6 Å². The largest absolute Gasteiger partial charge is 0.456 e. The van der Waals surface area contributed by atoms with Crippen LogP contribution in [0.25, 0.3) is 22.1 Å². The highest BCUT2D eigenvalue weighted by Crippen LogP contribution is 2.40. The van der Waals surface area contributed by atoms with Crippen LogP contribution in [0.1, 0.15) is 45.9 Å². The van der Waals surface area contributed by atoms with Crippen molar-refractivity contribution < 1.29 is 23.1 Å². The van der Waals surface area contributed by atoms with Crippen molar-refractivity contribution >= 4 is 22.7 Å². The SMILES string of the molecule is CCNC(=O)c1cc2c(=O)n(C)cc(-c3cc(C(C)=O)ccc3Oc3c(C)cc(F)cc3C)c2o1. The van der Waals surface area contributed by atoms with E-state index in [1.54, 1.807) is 52.2 Å². The number of aromatic nitrogens is 1. The van der Waals surface area contributed by atoms with E-state index in [1.807, 2.05) is 0 Å². The topological polar surface area (TPSA) is 90.5 Å². The lowest BCUT2D eigenvalue weighted by atomic mass is 10.00. The number of benzene rings is 2. The standard InChI is InChI=1S/C27H25FN2O5/c1-6-29-26(32)23-12-20-25(35-23)21(13-30(5)27(20)33)19-11-17(16(4)31)7-8-22(19)34-24-14(2)9-18(28)10-15(24)3/h7-13H,6H2,1-5H3,(H,29,32). The first-order valence-corrected chi connectivity index (χ1v) is 11.1. The number of aryl methyl sites for hydroxylation is 3. The summed E-state index contributed by atoms with van der Waals surface area (Å²) in [5, 5.41) is 2.88. The quantitative estimate of drug-likeness (QED) is 0.382. The number of hydrogen-bond donors (Lipinski definition) is 1. The second-order valence-corrected chi connectivity index (χ2v) is 8.41. The van der Waals surface area contributed by atoms with Gasteiger partial charge in [0.15, 0.2) is 11.5 Å². The van der Waals surface area contributed by atoms with Gasteiger partial charge in [-0.25, -0.2) is 4.39 Å². The second kappa shape index (κ2) is 9.21. The Morgan fingerprint density at radius 3 is 2.40 bits per heavy atom. The molecule has 8 heteroatoms. The van der Waals surface area contributed by atoms with Crippen molar-refractivity contribution in [1.82, 2.24) is 9.88 Å². The molecule has 0 saturated carbocycles. The Morgan fingerprint density at radius 1 is 1.09 bits per heavy atom. The van der Waals surface area contributed by atoms with E-state index in [0.29, 0.717) is 45.9 Å². The number of ketones is 1. The van der Waals surface area contributed by atoms with Crippen LogP contribution in [0.4, 0.5) is 4.39 Å². The highest BCUT2D eigenvalue weighted by Gasteiger charge is 2.22. The van der Waals surface area contributed by atoms with Gasteiger partial charge in [-0.2, -0.15) is 0 Å². The fraction of sp³-hybridized carbons (Fsp3) is 0.222. The lowest BCUT2D eigenvalue weighted by molar-refractivity contribution is 0.0929. The van der Waals surface area contributed by atoms with Crippen molar-refractivity contribution in [3.8, 4) is 22.6 Å². The molecule has 1 amide bonds. The summed E-state index contributed by atoms with van der Waals surface area (Å²) < 4.78 is 27.3. The Morgan fingerprint density at radius 2 is 1.77 bits per heavy atom. The number of hydrogen-bond acceptors (Lipinski definition) is 5. The first-order valence-electron chi connectivity index (χ1n) is 11.1. The lowest BCUT2D eigenvalue weighted by Gasteiger charge is -2.17. The maximum absolute atomic E-state index is 13.8. The first kappa shape index (κ1) is 23.9. The summed E-state index contributed by atoms with van der Waals surface area (Å²) in [6, 6.07) is 9.11. The minimum atomic E-state index is -0.441. The molecule has 7 nitrogen and oxygen atoms in total. The lowest BCUT2D eigenvalue weighted by Crippen LogP contribution is -2.22. The molecule has 0 radical (unpaired) electrons. The van der Waals surface area contributed by atoms with Gasteiger partial charge < -0.3 is 19.0 Å². The molecule has 1 N–H and O–H groups in total. The van der Waals surface area contributed by atoms with Gasteiger partial charge in [0.1, 0.15) is 22.9 Å². The first-order chi connectivity index (χ1) is 16.6. The predicted octanol–water partition coefficient (Wildman–Crippen LogP) is 5.30. The molecule has 0 aliphatic carbocycles. The number of pyridine rings is 1. The van der Waals surface area contributed by atoms with E-state index in [0.717, 1.165) is 0 Å². The highest BCUT2D eigenvalue weighted by atomic mass is 19.1. The molecule has 4 aromatic rings. The molecule has 4 rings (SSSR count). The van der Waals surface area contributed by atoms with Crippen LogP contribution in [0, 0.1) is 19.7 Å². The van der Waals surface area contributed by atoms with Crippen LogP contribution in [-0.4, -0.2) is 22.8 Å². The fourth-order valence-corrected chi connectivity index (χ4v) is 4.02. The van der Waals surface area contributed by atoms with Gasteiger partial charge in [0, 0.05) is 42.5 Å². The van der Waals surface area contributed by atoms with E-state index in [4.69, 9.17) is 9.15 Å². The van der Waals surface area contributed by atoms with E-state index in [9.17, 15) is 18.8 Å². The number of carbonyl (C=O) groups is 2. The highest BCUT2D eigenvalue weighted by molar-refractivity contribution is 6.02. The van der Waals surface area contributed by atoms with Crippen LogP contribution in [0.2, 0.25) is 0 Å². The van der Waals surface area contributed by atoms with E-state index >= 15 is 0 Å². The van der Waals surface area contributed by atoms with Crippen molar-refractivity contribution in [2.24, 2.45) is 7.05 Å². The van der Waals surface area contributed by atoms with Gasteiger partial charge in [0.05, 0.1) is 5.39 Å². The summed E-state index contributed by atoms with van der Waals surface area (Å²) >= 11 is 0. The van der Waals surface area contributed by atoms with Gasteiger partial charge in [0.2, 0.25) is 0 Å². The maximum Gasteiger partial charge on any atom is 0.287 e. The summed E-state index contributed by atoms with van der Waals surface area (Å²) in [4.78, 5) is 37.4. The van der Waals surface area contributed by atoms with Crippen LogP contribution in [0.5, 0.6) is 11.5 Å². The molecular weight excluding hydrogens is 451 g/mol. The smallest absolute Gasteiger partial charge is 0.287 e. The number of fused-ring (bicyclic) bond motifs is 1. The molecule has 2 aromatic heterocycles. The zero-order valence-corrected chi connectivity index (χ0v) is 20.1. The molecular formula is C27H25FN2O5. The number of nitrogens with one attached hydrogen (secondary N) is 1. The monoisotopic (exact) mass is 476 g/mol. The normalized spacial score (nSPS) is 11.0. The van der Waals surface area contributed by atoms with E-state index < -0.39 is 5.91 Å². The summed E-state index contributed by atoms with van der Waals surface area (Å²) in [5.74, 6) is -0.108. The Balaban J connectivity index is 1.98. The molecule has 0 atom stereocenters. The Kier molecular flexibility index (Phi) is 6.30. The number of ether oxygens (including phenoxy) is 1. The zero-order chi connectivity index (χ0) is 25.4. The Labute approximate surface area is 201 Å². The van der Waals surface area contributed by atoms with Gasteiger partial charge in [-0.05, 0) is 69.2 Å². The third kappa shape index (κ3) is 4.47. The van der Waals surface area contributed by atoms with E-state index in [1.165, 1.54) is 29.7 Å².